The summed E-state index contributed by atoms with van der Waals surface area (Å²) < 4.78 is 31.4. The number of para-hydroxylation sites is 1. The first kappa shape index (κ1) is 14.6. The van der Waals surface area contributed by atoms with E-state index < -0.39 is 16.0 Å². The van der Waals surface area contributed by atoms with Gasteiger partial charge in [-0.2, -0.15) is 0 Å². The molecule has 6 nitrogen and oxygen atoms in total. The minimum absolute atomic E-state index is 0.00518. The number of hydrogen-bond acceptors (Lipinski definition) is 4. The number of methoxy groups -OCH3 is 1. The van der Waals surface area contributed by atoms with Crippen LogP contribution in [0.1, 0.15) is 29.6 Å². The first-order valence-corrected chi connectivity index (χ1v) is 7.99. The highest BCUT2D eigenvalue weighted by molar-refractivity contribution is 7.92. The molecule has 0 spiro atoms. The highest BCUT2D eigenvalue weighted by Gasteiger charge is 2.25. The number of carboxylic acid groups (broad SMARTS) is 1. The summed E-state index contributed by atoms with van der Waals surface area (Å²) in [5.41, 5.74) is -0.141. The summed E-state index contributed by atoms with van der Waals surface area (Å²) in [6, 6.07) is 4.36. The van der Waals surface area contributed by atoms with Gasteiger partial charge in [0.15, 0.2) is 0 Å². The Labute approximate surface area is 117 Å². The monoisotopic (exact) mass is 299 g/mol. The molecule has 0 atom stereocenters. The van der Waals surface area contributed by atoms with E-state index in [2.05, 4.69) is 4.72 Å². The van der Waals surface area contributed by atoms with Crippen LogP contribution in [0.25, 0.3) is 0 Å². The van der Waals surface area contributed by atoms with E-state index in [-0.39, 0.29) is 22.8 Å². The van der Waals surface area contributed by atoms with Gasteiger partial charge in [-0.15, -0.1) is 0 Å². The van der Waals surface area contributed by atoms with Crippen LogP contribution < -0.4 is 9.46 Å². The predicted molar refractivity (Wildman–Crippen MR) is 74.7 cm³/mol. The van der Waals surface area contributed by atoms with Crippen molar-refractivity contribution in [1.29, 1.82) is 0 Å². The average molecular weight is 299 g/mol. The molecule has 110 valence electrons. The van der Waals surface area contributed by atoms with E-state index in [0.717, 1.165) is 12.8 Å². The number of hydrogen-bond donors (Lipinski definition) is 2. The first-order chi connectivity index (χ1) is 9.43. The van der Waals surface area contributed by atoms with Gasteiger partial charge in [0.25, 0.3) is 0 Å². The number of benzene rings is 1. The molecule has 1 aromatic rings. The van der Waals surface area contributed by atoms with Gasteiger partial charge in [-0.3, -0.25) is 4.72 Å². The number of anilines is 1. The zero-order valence-corrected chi connectivity index (χ0v) is 11.9. The third kappa shape index (κ3) is 3.63. The Balaban J connectivity index is 2.23. The Morgan fingerprint density at radius 2 is 2.15 bits per heavy atom. The number of sulfonamides is 1. The molecule has 0 unspecified atom stereocenters. The smallest absolute Gasteiger partial charge is 0.337 e. The second kappa shape index (κ2) is 5.70. The van der Waals surface area contributed by atoms with Crippen LogP contribution in [0.5, 0.6) is 5.75 Å². The highest BCUT2D eigenvalue weighted by atomic mass is 32.2. The second-order valence-electron chi connectivity index (χ2n) is 4.84. The molecule has 0 heterocycles. The van der Waals surface area contributed by atoms with Gasteiger partial charge in [-0.05, 0) is 24.5 Å². The van der Waals surface area contributed by atoms with Crippen LogP contribution in [0.3, 0.4) is 0 Å². The Bertz CT molecular complexity index is 607. The second-order valence-corrected chi connectivity index (χ2v) is 6.68. The Morgan fingerprint density at radius 3 is 2.70 bits per heavy atom. The summed E-state index contributed by atoms with van der Waals surface area (Å²) in [5, 5.41) is 9.12. The molecular formula is C13H17NO5S. The van der Waals surface area contributed by atoms with Crippen LogP contribution in [-0.2, 0) is 10.0 Å². The van der Waals surface area contributed by atoms with Gasteiger partial charge in [0, 0.05) is 0 Å². The fraction of sp³-hybridized carbons (Fsp3) is 0.462. The summed E-state index contributed by atoms with van der Waals surface area (Å²) in [7, 11) is -2.21. The lowest BCUT2D eigenvalue weighted by atomic mass is 10.1. The van der Waals surface area contributed by atoms with Gasteiger partial charge < -0.3 is 9.84 Å². The molecule has 0 aromatic heterocycles. The van der Waals surface area contributed by atoms with Crippen molar-refractivity contribution >= 4 is 21.7 Å². The molecule has 0 saturated heterocycles. The predicted octanol–water partition coefficient (Wildman–Crippen LogP) is 1.94. The topological polar surface area (TPSA) is 92.7 Å². The van der Waals surface area contributed by atoms with E-state index in [0.29, 0.717) is 12.3 Å². The highest BCUT2D eigenvalue weighted by Crippen LogP contribution is 2.34. The lowest BCUT2D eigenvalue weighted by Gasteiger charge is -2.14. The quantitative estimate of drug-likeness (QED) is 0.802. The lowest BCUT2D eigenvalue weighted by Crippen LogP contribution is -2.19. The summed E-state index contributed by atoms with van der Waals surface area (Å²) >= 11 is 0. The fourth-order valence-electron chi connectivity index (χ4n) is 1.92. The van der Waals surface area contributed by atoms with Crippen molar-refractivity contribution in [3.63, 3.8) is 0 Å². The maximum absolute atomic E-state index is 12.0. The molecule has 1 aliphatic rings. The SMILES string of the molecule is COc1cccc(C(=O)O)c1NS(=O)(=O)CCC1CC1. The van der Waals surface area contributed by atoms with E-state index in [1.165, 1.54) is 25.3 Å². The van der Waals surface area contributed by atoms with Gasteiger partial charge in [-0.1, -0.05) is 18.9 Å². The van der Waals surface area contributed by atoms with Crippen LogP contribution in [0, 0.1) is 5.92 Å². The van der Waals surface area contributed by atoms with Gasteiger partial charge in [0.1, 0.15) is 11.4 Å². The molecule has 0 amide bonds. The van der Waals surface area contributed by atoms with Crippen LogP contribution in [0.4, 0.5) is 5.69 Å². The van der Waals surface area contributed by atoms with Crippen molar-refractivity contribution in [2.24, 2.45) is 5.92 Å². The minimum Gasteiger partial charge on any atom is -0.495 e. The maximum atomic E-state index is 12.0. The number of carbonyl (C=O) groups is 1. The van der Waals surface area contributed by atoms with Crippen molar-refractivity contribution in [2.45, 2.75) is 19.3 Å². The first-order valence-electron chi connectivity index (χ1n) is 6.33. The Morgan fingerprint density at radius 1 is 1.45 bits per heavy atom. The molecule has 2 N–H and O–H groups in total. The number of aromatic carboxylic acids is 1. The fourth-order valence-corrected chi connectivity index (χ4v) is 3.19. The van der Waals surface area contributed by atoms with E-state index in [9.17, 15) is 13.2 Å². The van der Waals surface area contributed by atoms with Gasteiger partial charge in [-0.25, -0.2) is 13.2 Å². The Kier molecular flexibility index (Phi) is 4.17. The zero-order valence-electron chi connectivity index (χ0n) is 11.1. The van der Waals surface area contributed by atoms with Crippen LogP contribution in [0.15, 0.2) is 18.2 Å². The van der Waals surface area contributed by atoms with Crippen molar-refractivity contribution in [1.82, 2.24) is 0 Å². The van der Waals surface area contributed by atoms with E-state index in [1.807, 2.05) is 0 Å². The molecule has 20 heavy (non-hydrogen) atoms. The lowest BCUT2D eigenvalue weighted by molar-refractivity contribution is 0.0697. The summed E-state index contributed by atoms with van der Waals surface area (Å²) in [6.45, 7) is 0. The zero-order chi connectivity index (χ0) is 14.8. The maximum Gasteiger partial charge on any atom is 0.337 e. The number of rotatable bonds is 7. The largest absolute Gasteiger partial charge is 0.495 e. The van der Waals surface area contributed by atoms with Crippen molar-refractivity contribution in [3.05, 3.63) is 23.8 Å². The van der Waals surface area contributed by atoms with Crippen LogP contribution in [-0.4, -0.2) is 32.4 Å². The van der Waals surface area contributed by atoms with Gasteiger partial charge >= 0.3 is 5.97 Å². The van der Waals surface area contributed by atoms with Crippen molar-refractivity contribution in [2.75, 3.05) is 17.6 Å². The van der Waals surface area contributed by atoms with E-state index in [4.69, 9.17) is 9.84 Å². The molecule has 2 rings (SSSR count). The standard InChI is InChI=1S/C13H17NO5S/c1-19-11-4-2-3-10(13(15)16)12(11)14-20(17,18)8-7-9-5-6-9/h2-4,9,14H,5-8H2,1H3,(H,15,16). The van der Waals surface area contributed by atoms with Gasteiger partial charge in [0.05, 0.1) is 18.4 Å². The minimum atomic E-state index is -3.57. The molecule has 0 aliphatic heterocycles. The third-order valence-corrected chi connectivity index (χ3v) is 4.51. The number of carboxylic acids is 1. The van der Waals surface area contributed by atoms with Gasteiger partial charge in [0.2, 0.25) is 10.0 Å². The normalized spacial score (nSPS) is 14.8. The van der Waals surface area contributed by atoms with E-state index >= 15 is 0 Å². The molecule has 1 aliphatic carbocycles. The number of nitrogens with one attached hydrogen (secondary N) is 1. The molecule has 1 saturated carbocycles. The Hall–Kier alpha value is -1.76. The van der Waals surface area contributed by atoms with Crippen molar-refractivity contribution < 1.29 is 23.1 Å². The van der Waals surface area contributed by atoms with Crippen molar-refractivity contribution in [3.8, 4) is 5.75 Å². The molecule has 1 aromatic carbocycles. The third-order valence-electron chi connectivity index (χ3n) is 3.23. The molecule has 1 fully saturated rings. The average Bonchev–Trinajstić information content (AvgIpc) is 3.20. The van der Waals surface area contributed by atoms with Crippen LogP contribution in [0.2, 0.25) is 0 Å². The van der Waals surface area contributed by atoms with E-state index in [1.54, 1.807) is 0 Å². The van der Waals surface area contributed by atoms with Crippen LogP contribution >= 0.6 is 0 Å². The molecule has 0 bridgehead atoms. The summed E-state index contributed by atoms with van der Waals surface area (Å²) in [4.78, 5) is 11.2. The molecular weight excluding hydrogens is 282 g/mol. The summed E-state index contributed by atoms with van der Waals surface area (Å²) in [6.07, 6.45) is 2.75. The molecule has 7 heteroatoms. The number of ether oxygens (including phenoxy) is 1. The molecule has 0 radical (unpaired) electrons. The summed E-state index contributed by atoms with van der Waals surface area (Å²) in [5.74, 6) is -0.527.